The Balaban J connectivity index is 0.000000243. The van der Waals surface area contributed by atoms with Gasteiger partial charge in [0.25, 0.3) is 0 Å². The van der Waals surface area contributed by atoms with E-state index in [1.165, 1.54) is 13.8 Å². The fourth-order valence-electron chi connectivity index (χ4n) is 0.360. The van der Waals surface area contributed by atoms with Gasteiger partial charge in [0, 0.05) is 12.4 Å². The van der Waals surface area contributed by atoms with E-state index in [0.717, 1.165) is 0 Å². The van der Waals surface area contributed by atoms with Crippen molar-refractivity contribution in [1.82, 2.24) is 9.97 Å². The van der Waals surface area contributed by atoms with Crippen molar-refractivity contribution < 1.29 is 10.4 Å². The van der Waals surface area contributed by atoms with Crippen molar-refractivity contribution in [2.75, 3.05) is 0 Å². The van der Waals surface area contributed by atoms with Gasteiger partial charge in [-0.15, -0.1) is 0 Å². The fraction of sp³-hybridized carbons (Fsp3) is 0.286. The van der Waals surface area contributed by atoms with Gasteiger partial charge in [0.15, 0.2) is 0 Å². The lowest BCUT2D eigenvalue weighted by Gasteiger charge is -1.88. The molecule has 6 nitrogen and oxygen atoms in total. The molecule has 0 radical (unpaired) electrons. The van der Waals surface area contributed by atoms with Gasteiger partial charge in [-0.2, -0.15) is 0 Å². The molecule has 0 bridgehead atoms. The van der Waals surface area contributed by atoms with Crippen LogP contribution >= 0.6 is 0 Å². The summed E-state index contributed by atoms with van der Waals surface area (Å²) in [5, 5.41) is 21.6. The van der Waals surface area contributed by atoms with Crippen molar-refractivity contribution in [3.05, 3.63) is 18.7 Å². The molecule has 0 atom stereocenters. The minimum absolute atomic E-state index is 0.313. The maximum atomic E-state index is 8.03. The van der Waals surface area contributed by atoms with E-state index >= 15 is 0 Å². The van der Waals surface area contributed by atoms with Gasteiger partial charge in [-0.1, -0.05) is 10.3 Å². The predicted molar refractivity (Wildman–Crippen MR) is 48.4 cm³/mol. The molecule has 6 heteroatoms. The summed E-state index contributed by atoms with van der Waals surface area (Å²) in [6.45, 7) is 3.07. The first-order valence-corrected chi connectivity index (χ1v) is 3.52. The van der Waals surface area contributed by atoms with Crippen molar-refractivity contribution in [2.45, 2.75) is 13.8 Å². The van der Waals surface area contributed by atoms with Crippen LogP contribution in [0.25, 0.3) is 0 Å². The molecule has 0 saturated heterocycles. The number of rotatable bonds is 1. The normalized spacial score (nSPS) is 11.8. The standard InChI is InChI=1S/C4H8N2O2.C3H4N2/c1-3(5-7)4(2)6-8;1-2-5-3-4-1/h7-8H,1-2H3;1-3H,(H,4,5)/b5-3-,6-4+;. The molecule has 0 amide bonds. The number of aromatic amines is 1. The highest BCUT2D eigenvalue weighted by Crippen LogP contribution is 1.79. The summed E-state index contributed by atoms with van der Waals surface area (Å²) >= 11 is 0. The molecule has 0 unspecified atom stereocenters. The third-order valence-electron chi connectivity index (χ3n) is 1.23. The third-order valence-corrected chi connectivity index (χ3v) is 1.23. The van der Waals surface area contributed by atoms with Crippen LogP contribution in [0.4, 0.5) is 0 Å². The van der Waals surface area contributed by atoms with Crippen LogP contribution in [0, 0.1) is 0 Å². The second kappa shape index (κ2) is 6.84. The number of imidazole rings is 1. The topological polar surface area (TPSA) is 93.9 Å². The fourth-order valence-corrected chi connectivity index (χ4v) is 0.360. The first-order chi connectivity index (χ1) is 6.22. The van der Waals surface area contributed by atoms with Crippen molar-refractivity contribution in [3.8, 4) is 0 Å². The molecule has 13 heavy (non-hydrogen) atoms. The Bertz CT molecular complexity index is 233. The molecule has 1 aromatic rings. The van der Waals surface area contributed by atoms with E-state index in [2.05, 4.69) is 20.3 Å². The molecular weight excluding hydrogens is 172 g/mol. The Morgan fingerprint density at radius 3 is 1.92 bits per heavy atom. The summed E-state index contributed by atoms with van der Waals surface area (Å²) in [6, 6.07) is 0. The van der Waals surface area contributed by atoms with Crippen LogP contribution < -0.4 is 0 Å². The van der Waals surface area contributed by atoms with Crippen molar-refractivity contribution in [2.24, 2.45) is 10.3 Å². The zero-order valence-electron chi connectivity index (χ0n) is 7.47. The van der Waals surface area contributed by atoms with Crippen LogP contribution in [-0.4, -0.2) is 31.8 Å². The summed E-state index contributed by atoms with van der Waals surface area (Å²) < 4.78 is 0. The summed E-state index contributed by atoms with van der Waals surface area (Å²) in [6.07, 6.45) is 5.08. The lowest BCUT2D eigenvalue weighted by molar-refractivity contribution is 0.313. The molecule has 0 aromatic carbocycles. The average Bonchev–Trinajstić information content (AvgIpc) is 2.73. The average molecular weight is 184 g/mol. The van der Waals surface area contributed by atoms with Gasteiger partial charge in [-0.05, 0) is 13.8 Å². The SMILES string of the molecule is CC(=N/O)/C(C)=N/O.c1c[nH]cn1. The number of hydrogen-bond acceptors (Lipinski definition) is 5. The number of nitrogens with zero attached hydrogens (tertiary/aromatic N) is 3. The molecule has 0 aliphatic heterocycles. The van der Waals surface area contributed by atoms with Crippen molar-refractivity contribution >= 4 is 11.4 Å². The minimum atomic E-state index is 0.313. The van der Waals surface area contributed by atoms with E-state index < -0.39 is 0 Å². The quantitative estimate of drug-likeness (QED) is 0.346. The largest absolute Gasteiger partial charge is 0.411 e. The molecule has 1 heterocycles. The Kier molecular flexibility index (Phi) is 5.86. The second-order valence-electron chi connectivity index (χ2n) is 2.13. The van der Waals surface area contributed by atoms with Gasteiger partial charge in [-0.25, -0.2) is 4.98 Å². The maximum absolute atomic E-state index is 8.03. The summed E-state index contributed by atoms with van der Waals surface area (Å²) in [5.41, 5.74) is 0.625. The number of hydrogen-bond donors (Lipinski definition) is 3. The van der Waals surface area contributed by atoms with Gasteiger partial charge < -0.3 is 15.4 Å². The molecule has 0 aliphatic rings. The highest BCUT2D eigenvalue weighted by atomic mass is 16.4. The van der Waals surface area contributed by atoms with Gasteiger partial charge >= 0.3 is 0 Å². The molecule has 1 rings (SSSR count). The van der Waals surface area contributed by atoms with E-state index in [4.69, 9.17) is 10.4 Å². The van der Waals surface area contributed by atoms with Crippen LogP contribution in [0.15, 0.2) is 29.0 Å². The van der Waals surface area contributed by atoms with Gasteiger partial charge in [0.1, 0.15) is 11.4 Å². The summed E-state index contributed by atoms with van der Waals surface area (Å²) in [5.74, 6) is 0. The number of oxime groups is 2. The molecule has 1 aromatic heterocycles. The molecular formula is C7H12N4O2. The van der Waals surface area contributed by atoms with Crippen molar-refractivity contribution in [3.63, 3.8) is 0 Å². The number of nitrogens with one attached hydrogen (secondary N) is 1. The Morgan fingerprint density at radius 2 is 1.77 bits per heavy atom. The first-order valence-electron chi connectivity index (χ1n) is 3.52. The van der Waals surface area contributed by atoms with Crippen LogP contribution in [0.3, 0.4) is 0 Å². The maximum Gasteiger partial charge on any atom is 0.101 e. The smallest absolute Gasteiger partial charge is 0.101 e. The summed E-state index contributed by atoms with van der Waals surface area (Å²) in [7, 11) is 0. The zero-order valence-corrected chi connectivity index (χ0v) is 7.47. The van der Waals surface area contributed by atoms with E-state index in [9.17, 15) is 0 Å². The Morgan fingerprint density at radius 1 is 1.23 bits per heavy atom. The number of H-pyrrole nitrogens is 1. The van der Waals surface area contributed by atoms with Crippen molar-refractivity contribution in [1.29, 1.82) is 0 Å². The number of aromatic nitrogens is 2. The van der Waals surface area contributed by atoms with Crippen LogP contribution in [0.1, 0.15) is 13.8 Å². The minimum Gasteiger partial charge on any atom is -0.411 e. The van der Waals surface area contributed by atoms with E-state index in [-0.39, 0.29) is 0 Å². The molecule has 3 N–H and O–H groups in total. The second-order valence-corrected chi connectivity index (χ2v) is 2.13. The van der Waals surface area contributed by atoms with Crippen LogP contribution in [-0.2, 0) is 0 Å². The third kappa shape index (κ3) is 5.42. The predicted octanol–water partition coefficient (Wildman–Crippen LogP) is 1.10. The van der Waals surface area contributed by atoms with Crippen LogP contribution in [0.5, 0.6) is 0 Å². The van der Waals surface area contributed by atoms with E-state index in [0.29, 0.717) is 11.4 Å². The van der Waals surface area contributed by atoms with Crippen LogP contribution in [0.2, 0.25) is 0 Å². The Hall–Kier alpha value is -1.85. The molecule has 0 spiro atoms. The molecule has 0 fully saturated rings. The monoisotopic (exact) mass is 184 g/mol. The van der Waals surface area contributed by atoms with E-state index in [1.807, 2.05) is 0 Å². The van der Waals surface area contributed by atoms with Gasteiger partial charge in [0.05, 0.1) is 6.33 Å². The van der Waals surface area contributed by atoms with Gasteiger partial charge in [-0.3, -0.25) is 0 Å². The molecule has 72 valence electrons. The Labute approximate surface area is 75.6 Å². The molecule has 0 aliphatic carbocycles. The first kappa shape index (κ1) is 11.2. The lowest BCUT2D eigenvalue weighted by Crippen LogP contribution is -2.04. The van der Waals surface area contributed by atoms with E-state index in [1.54, 1.807) is 18.7 Å². The molecule has 0 saturated carbocycles. The highest BCUT2D eigenvalue weighted by molar-refractivity contribution is 6.40. The lowest BCUT2D eigenvalue weighted by atomic mass is 10.3. The highest BCUT2D eigenvalue weighted by Gasteiger charge is 1.93. The zero-order chi connectivity index (χ0) is 10.1. The van der Waals surface area contributed by atoms with Gasteiger partial charge in [0.2, 0.25) is 0 Å². The summed E-state index contributed by atoms with van der Waals surface area (Å²) in [4.78, 5) is 6.42.